The number of hydrogen-bond donors (Lipinski definition) is 1. The molecule has 9 heteroatoms. The van der Waals surface area contributed by atoms with Crippen LogP contribution in [0.15, 0.2) is 71.7 Å². The lowest BCUT2D eigenvalue weighted by Crippen LogP contribution is -2.55. The zero-order valence-corrected chi connectivity index (χ0v) is 25.2. The van der Waals surface area contributed by atoms with Crippen LogP contribution >= 0.6 is 23.2 Å². The van der Waals surface area contributed by atoms with Crippen LogP contribution in [-0.2, 0) is 10.2 Å². The molecule has 1 saturated heterocycles. The van der Waals surface area contributed by atoms with Crippen molar-refractivity contribution in [3.05, 3.63) is 99.0 Å². The van der Waals surface area contributed by atoms with Crippen LogP contribution in [-0.4, -0.2) is 53.8 Å². The quantitative estimate of drug-likeness (QED) is 0.327. The van der Waals surface area contributed by atoms with Crippen molar-refractivity contribution in [2.45, 2.75) is 52.6 Å². The Bertz CT molecular complexity index is 1470. The van der Waals surface area contributed by atoms with E-state index in [0.717, 1.165) is 22.3 Å². The van der Waals surface area contributed by atoms with Gasteiger partial charge in [-0.1, -0.05) is 81.7 Å². The maximum absolute atomic E-state index is 14.5. The number of halogens is 2. The normalized spacial score (nSPS) is 18.7. The average Bonchev–Trinajstić information content (AvgIpc) is 3.33. The number of benzene rings is 3. The van der Waals surface area contributed by atoms with Gasteiger partial charge in [0.1, 0.15) is 24.2 Å². The third-order valence-corrected chi connectivity index (χ3v) is 7.90. The van der Waals surface area contributed by atoms with Crippen molar-refractivity contribution in [1.29, 1.82) is 0 Å². The minimum Gasteiger partial charge on any atom is -0.493 e. The lowest BCUT2D eigenvalue weighted by molar-refractivity contribution is -0.123. The fraction of sp³-hybridized carbons (Fsp3) is 0.364. The van der Waals surface area contributed by atoms with Crippen LogP contribution in [0.5, 0.6) is 5.75 Å². The molecule has 7 nitrogen and oxygen atoms in total. The Balaban J connectivity index is 0.00000405. The van der Waals surface area contributed by atoms with Crippen molar-refractivity contribution in [3.63, 3.8) is 0 Å². The van der Waals surface area contributed by atoms with E-state index in [1.807, 2.05) is 61.5 Å². The molecule has 1 fully saturated rings. The van der Waals surface area contributed by atoms with Gasteiger partial charge in [0.2, 0.25) is 5.91 Å². The largest absolute Gasteiger partial charge is 0.493 e. The van der Waals surface area contributed by atoms with Crippen molar-refractivity contribution < 1.29 is 14.3 Å². The Morgan fingerprint density at radius 3 is 2.19 bits per heavy atom. The predicted molar refractivity (Wildman–Crippen MR) is 170 cm³/mol. The summed E-state index contributed by atoms with van der Waals surface area (Å²) in [5.74, 6) is 0.944. The summed E-state index contributed by atoms with van der Waals surface area (Å²) in [6, 6.07) is 19.8. The maximum Gasteiger partial charge on any atom is 0.326 e. The number of carbonyl (C=O) groups excluding carboxylic acids is 2. The molecule has 1 N–H and O–H groups in total. The molecule has 2 aliphatic heterocycles. The maximum atomic E-state index is 14.5. The molecule has 0 aliphatic carbocycles. The second-order valence-electron chi connectivity index (χ2n) is 11.3. The van der Waals surface area contributed by atoms with E-state index in [-0.39, 0.29) is 31.3 Å². The van der Waals surface area contributed by atoms with Gasteiger partial charge in [-0.3, -0.25) is 14.7 Å². The van der Waals surface area contributed by atoms with Gasteiger partial charge in [-0.05, 0) is 65.4 Å². The summed E-state index contributed by atoms with van der Waals surface area (Å²) in [4.78, 5) is 35.4. The lowest BCUT2D eigenvalue weighted by atomic mass is 9.86. The summed E-state index contributed by atoms with van der Waals surface area (Å²) >= 11 is 12.5. The number of amidine groups is 1. The summed E-state index contributed by atoms with van der Waals surface area (Å²) < 4.78 is 6.09. The summed E-state index contributed by atoms with van der Waals surface area (Å²) in [5, 5.41) is 4.02. The van der Waals surface area contributed by atoms with Crippen molar-refractivity contribution in [1.82, 2.24) is 15.1 Å². The molecule has 3 amide bonds. The van der Waals surface area contributed by atoms with E-state index >= 15 is 0 Å². The number of urea groups is 1. The average molecular weight is 610 g/mol. The molecule has 0 saturated carbocycles. The number of carbonyl (C=O) groups is 2. The van der Waals surface area contributed by atoms with Gasteiger partial charge in [0.05, 0.1) is 18.2 Å². The lowest BCUT2D eigenvalue weighted by Gasteiger charge is -2.36. The van der Waals surface area contributed by atoms with Gasteiger partial charge in [0, 0.05) is 23.1 Å². The zero-order chi connectivity index (χ0) is 29.3. The Morgan fingerprint density at radius 1 is 1.00 bits per heavy atom. The molecule has 2 atom stereocenters. The summed E-state index contributed by atoms with van der Waals surface area (Å²) in [7, 11) is 0. The van der Waals surface area contributed by atoms with Crippen molar-refractivity contribution in [2.24, 2.45) is 4.99 Å². The van der Waals surface area contributed by atoms with Gasteiger partial charge in [-0.25, -0.2) is 4.79 Å². The van der Waals surface area contributed by atoms with E-state index in [2.05, 4.69) is 38.2 Å². The first kappa shape index (κ1) is 31.4. The molecule has 0 radical (unpaired) electrons. The molecule has 0 unspecified atom stereocenters. The summed E-state index contributed by atoms with van der Waals surface area (Å²) in [5.41, 5.74) is 3.44. The molecule has 222 valence electrons. The highest BCUT2D eigenvalue weighted by atomic mass is 35.5. The Kier molecular flexibility index (Phi) is 9.53. The number of ether oxygens (including phenoxy) is 1. The fourth-order valence-corrected chi connectivity index (χ4v) is 5.51. The standard InChI is InChI=1S/C32H34Cl2N4O3.CH4/c1-5-41-26-15-10-22(32(2,3)4)18-25(26)30-36-28(20-6-11-23(33)12-7-20)29(21-8-13-24(34)14-9-21)38(30)31(40)37-17-16-35-27(39)19-37;/h6-15,18,28-29H,5,16-17,19H2,1-4H3,(H,35,39);1H4/t28-,29+;/m0./s1. The Morgan fingerprint density at radius 2 is 1.62 bits per heavy atom. The first-order valence-electron chi connectivity index (χ1n) is 13.8. The van der Waals surface area contributed by atoms with E-state index in [1.54, 1.807) is 9.80 Å². The molecular weight excluding hydrogens is 571 g/mol. The zero-order valence-electron chi connectivity index (χ0n) is 23.7. The van der Waals surface area contributed by atoms with E-state index in [9.17, 15) is 9.59 Å². The molecule has 0 aromatic heterocycles. The highest BCUT2D eigenvalue weighted by Crippen LogP contribution is 2.46. The third-order valence-electron chi connectivity index (χ3n) is 7.39. The highest BCUT2D eigenvalue weighted by molar-refractivity contribution is 6.30. The smallest absolute Gasteiger partial charge is 0.326 e. The fourth-order valence-electron chi connectivity index (χ4n) is 5.26. The first-order chi connectivity index (χ1) is 19.6. The molecule has 2 aliphatic rings. The Labute approximate surface area is 258 Å². The van der Waals surface area contributed by atoms with Crippen LogP contribution in [0.2, 0.25) is 10.0 Å². The van der Waals surface area contributed by atoms with Gasteiger partial charge in [-0.15, -0.1) is 0 Å². The highest BCUT2D eigenvalue weighted by Gasteiger charge is 2.45. The van der Waals surface area contributed by atoms with Crippen LogP contribution in [0.1, 0.15) is 69.5 Å². The first-order valence-corrected chi connectivity index (χ1v) is 14.5. The number of amides is 3. The third kappa shape index (κ3) is 6.42. The SMILES string of the molecule is C.CCOc1ccc(C(C)(C)C)cc1C1=N[C@@H](c2ccc(Cl)cc2)[C@@H](c2ccc(Cl)cc2)N1C(=O)N1CCNC(=O)C1. The molecule has 3 aromatic rings. The number of hydrogen-bond acceptors (Lipinski definition) is 4. The van der Waals surface area contributed by atoms with Crippen molar-refractivity contribution in [3.8, 4) is 5.75 Å². The van der Waals surface area contributed by atoms with Crippen molar-refractivity contribution >= 4 is 41.0 Å². The molecule has 0 bridgehead atoms. The topological polar surface area (TPSA) is 74.2 Å². The second kappa shape index (κ2) is 12.8. The van der Waals surface area contributed by atoms with Gasteiger partial charge >= 0.3 is 6.03 Å². The van der Waals surface area contributed by atoms with Gasteiger partial charge in [0.25, 0.3) is 0 Å². The summed E-state index contributed by atoms with van der Waals surface area (Å²) in [6.45, 7) is 9.58. The van der Waals surface area contributed by atoms with Gasteiger partial charge in [0.15, 0.2) is 0 Å². The number of piperazine rings is 1. The van der Waals surface area contributed by atoms with Crippen LogP contribution in [0.25, 0.3) is 0 Å². The van der Waals surface area contributed by atoms with Crippen molar-refractivity contribution in [2.75, 3.05) is 26.2 Å². The van der Waals surface area contributed by atoms with Crippen LogP contribution in [0.3, 0.4) is 0 Å². The van der Waals surface area contributed by atoms with Gasteiger partial charge < -0.3 is 15.0 Å². The van der Waals surface area contributed by atoms with E-state index in [0.29, 0.717) is 41.3 Å². The summed E-state index contributed by atoms with van der Waals surface area (Å²) in [6.07, 6.45) is 0. The second-order valence-corrected chi connectivity index (χ2v) is 12.1. The number of aliphatic imine (C=N–C) groups is 1. The molecule has 3 aromatic carbocycles. The molecule has 2 heterocycles. The van der Waals surface area contributed by atoms with E-state index in [4.69, 9.17) is 32.9 Å². The molecule has 5 rings (SSSR count). The van der Waals surface area contributed by atoms with Crippen LogP contribution in [0.4, 0.5) is 4.79 Å². The minimum absolute atomic E-state index is 0. The van der Waals surface area contributed by atoms with Crippen LogP contribution < -0.4 is 10.1 Å². The number of nitrogens with one attached hydrogen (secondary N) is 1. The van der Waals surface area contributed by atoms with E-state index < -0.39 is 12.1 Å². The Hall–Kier alpha value is -3.55. The monoisotopic (exact) mass is 608 g/mol. The molecule has 42 heavy (non-hydrogen) atoms. The number of nitrogens with zero attached hydrogens (tertiary/aromatic N) is 3. The minimum atomic E-state index is -0.506. The van der Waals surface area contributed by atoms with Crippen LogP contribution in [0, 0.1) is 0 Å². The molecular formula is C33H38Cl2N4O3. The van der Waals surface area contributed by atoms with Gasteiger partial charge in [-0.2, -0.15) is 0 Å². The number of rotatable bonds is 5. The van der Waals surface area contributed by atoms with E-state index in [1.165, 1.54) is 0 Å². The molecule has 0 spiro atoms. The predicted octanol–water partition coefficient (Wildman–Crippen LogP) is 7.42.